The fourth-order valence-corrected chi connectivity index (χ4v) is 1.83. The number of benzene rings is 1. The third-order valence-corrected chi connectivity index (χ3v) is 2.74. The number of anilines is 1. The highest BCUT2D eigenvalue weighted by atomic mass is 16.1. The van der Waals surface area contributed by atoms with Gasteiger partial charge in [-0.15, -0.1) is 0 Å². The molecule has 0 spiro atoms. The molecular weight excluding hydrogens is 198 g/mol. The maximum atomic E-state index is 11.6. The summed E-state index contributed by atoms with van der Waals surface area (Å²) in [6.45, 7) is 6.25. The summed E-state index contributed by atoms with van der Waals surface area (Å²) in [5.41, 5.74) is 3.48. The van der Waals surface area contributed by atoms with E-state index < -0.39 is 0 Å². The van der Waals surface area contributed by atoms with Crippen LogP contribution in [0.25, 0.3) is 0 Å². The summed E-state index contributed by atoms with van der Waals surface area (Å²) in [5.74, 6) is 0.123. The number of para-hydroxylation sites is 1. The molecule has 0 aromatic heterocycles. The van der Waals surface area contributed by atoms with Gasteiger partial charge in [-0.1, -0.05) is 39.0 Å². The van der Waals surface area contributed by atoms with Crippen molar-refractivity contribution in [1.29, 1.82) is 0 Å². The summed E-state index contributed by atoms with van der Waals surface area (Å²) in [6.07, 6.45) is 3.40. The summed E-state index contributed by atoms with van der Waals surface area (Å²) in [6, 6.07) is 6.23. The maximum Gasteiger partial charge on any atom is 0.224 e. The van der Waals surface area contributed by atoms with Crippen molar-refractivity contribution in [3.8, 4) is 0 Å². The molecule has 0 fully saturated rings. The Kier molecular flexibility index (Phi) is 5.03. The molecule has 0 atom stereocenters. The van der Waals surface area contributed by atoms with E-state index >= 15 is 0 Å². The summed E-state index contributed by atoms with van der Waals surface area (Å²) in [4.78, 5) is 11.6. The zero-order valence-electron chi connectivity index (χ0n) is 10.5. The number of carbonyl (C=O) groups is 1. The molecule has 1 amide bonds. The quantitative estimate of drug-likeness (QED) is 0.806. The van der Waals surface area contributed by atoms with E-state index in [1.54, 1.807) is 0 Å². The van der Waals surface area contributed by atoms with E-state index in [0.717, 1.165) is 24.9 Å². The van der Waals surface area contributed by atoms with Gasteiger partial charge in [0.15, 0.2) is 0 Å². The minimum Gasteiger partial charge on any atom is -0.326 e. The Morgan fingerprint density at radius 1 is 1.12 bits per heavy atom. The molecule has 0 aliphatic rings. The first kappa shape index (κ1) is 12.8. The number of rotatable bonds is 5. The monoisotopic (exact) mass is 219 g/mol. The van der Waals surface area contributed by atoms with Gasteiger partial charge >= 0.3 is 0 Å². The largest absolute Gasteiger partial charge is 0.326 e. The zero-order valence-corrected chi connectivity index (χ0v) is 10.5. The van der Waals surface area contributed by atoms with Gasteiger partial charge in [0.05, 0.1) is 0 Å². The number of hydrogen-bond donors (Lipinski definition) is 1. The van der Waals surface area contributed by atoms with Gasteiger partial charge in [-0.3, -0.25) is 4.79 Å². The fourth-order valence-electron chi connectivity index (χ4n) is 1.83. The van der Waals surface area contributed by atoms with Crippen LogP contribution in [0.5, 0.6) is 0 Å². The molecule has 0 aliphatic heterocycles. The molecule has 1 aromatic carbocycles. The first-order valence-electron chi connectivity index (χ1n) is 6.13. The van der Waals surface area contributed by atoms with Crippen LogP contribution in [0.3, 0.4) is 0 Å². The van der Waals surface area contributed by atoms with Crippen LogP contribution in [0.4, 0.5) is 5.69 Å². The molecular formula is C14H21NO. The van der Waals surface area contributed by atoms with Crippen molar-refractivity contribution in [3.63, 3.8) is 0 Å². The second-order valence-corrected chi connectivity index (χ2v) is 3.96. The topological polar surface area (TPSA) is 29.1 Å². The lowest BCUT2D eigenvalue weighted by Gasteiger charge is -2.14. The lowest BCUT2D eigenvalue weighted by atomic mass is 10.0. The molecule has 1 aromatic rings. The molecule has 1 N–H and O–H groups in total. The van der Waals surface area contributed by atoms with Crippen LogP contribution < -0.4 is 5.32 Å². The number of nitrogens with one attached hydrogen (secondary N) is 1. The Hall–Kier alpha value is -1.31. The molecule has 0 heterocycles. The van der Waals surface area contributed by atoms with Crippen LogP contribution in [0, 0.1) is 0 Å². The molecule has 0 bridgehead atoms. The van der Waals surface area contributed by atoms with Gasteiger partial charge in [-0.25, -0.2) is 0 Å². The predicted octanol–water partition coefficient (Wildman–Crippen LogP) is 3.55. The molecule has 0 radical (unpaired) electrons. The fraction of sp³-hybridized carbons (Fsp3) is 0.500. The Morgan fingerprint density at radius 3 is 2.12 bits per heavy atom. The summed E-state index contributed by atoms with van der Waals surface area (Å²) in [7, 11) is 0. The predicted molar refractivity (Wildman–Crippen MR) is 68.7 cm³/mol. The SMILES string of the molecule is CCCC(=O)Nc1c(CC)cccc1CC. The van der Waals surface area contributed by atoms with Crippen LogP contribution in [-0.2, 0) is 17.6 Å². The van der Waals surface area contributed by atoms with Crippen LogP contribution >= 0.6 is 0 Å². The number of hydrogen-bond acceptors (Lipinski definition) is 1. The van der Waals surface area contributed by atoms with Crippen LogP contribution in [0.1, 0.15) is 44.7 Å². The average Bonchev–Trinajstić information content (AvgIpc) is 2.29. The van der Waals surface area contributed by atoms with E-state index in [9.17, 15) is 4.79 Å². The van der Waals surface area contributed by atoms with Gasteiger partial charge in [0.2, 0.25) is 5.91 Å². The Bertz CT molecular complexity index is 336. The molecule has 88 valence electrons. The first-order valence-corrected chi connectivity index (χ1v) is 6.13. The number of carbonyl (C=O) groups excluding carboxylic acids is 1. The van der Waals surface area contributed by atoms with E-state index in [1.807, 2.05) is 6.92 Å². The van der Waals surface area contributed by atoms with E-state index in [4.69, 9.17) is 0 Å². The van der Waals surface area contributed by atoms with Crippen molar-refractivity contribution >= 4 is 11.6 Å². The summed E-state index contributed by atoms with van der Waals surface area (Å²) < 4.78 is 0. The van der Waals surface area contributed by atoms with Crippen molar-refractivity contribution in [2.75, 3.05) is 5.32 Å². The highest BCUT2D eigenvalue weighted by Crippen LogP contribution is 2.22. The van der Waals surface area contributed by atoms with Crippen LogP contribution in [0.2, 0.25) is 0 Å². The van der Waals surface area contributed by atoms with Crippen molar-refractivity contribution in [2.24, 2.45) is 0 Å². The van der Waals surface area contributed by atoms with Crippen LogP contribution in [0.15, 0.2) is 18.2 Å². The highest BCUT2D eigenvalue weighted by Gasteiger charge is 2.08. The second-order valence-electron chi connectivity index (χ2n) is 3.96. The Morgan fingerprint density at radius 2 is 1.69 bits per heavy atom. The smallest absolute Gasteiger partial charge is 0.224 e. The molecule has 2 nitrogen and oxygen atoms in total. The molecule has 1 rings (SSSR count). The molecule has 0 saturated carbocycles. The molecule has 2 heteroatoms. The van der Waals surface area contributed by atoms with E-state index in [0.29, 0.717) is 6.42 Å². The zero-order chi connectivity index (χ0) is 12.0. The first-order chi connectivity index (χ1) is 7.72. The van der Waals surface area contributed by atoms with E-state index in [-0.39, 0.29) is 5.91 Å². The third-order valence-electron chi connectivity index (χ3n) is 2.74. The van der Waals surface area contributed by atoms with Gasteiger partial charge < -0.3 is 5.32 Å². The minimum atomic E-state index is 0.123. The standard InChI is InChI=1S/C14H21NO/c1-4-8-13(16)15-14-11(5-2)9-7-10-12(14)6-3/h7,9-10H,4-6,8H2,1-3H3,(H,15,16). The Labute approximate surface area is 98.1 Å². The van der Waals surface area contributed by atoms with Gasteiger partial charge in [-0.05, 0) is 30.4 Å². The van der Waals surface area contributed by atoms with E-state index in [1.165, 1.54) is 11.1 Å². The van der Waals surface area contributed by atoms with Gasteiger partial charge in [0.1, 0.15) is 0 Å². The lowest BCUT2D eigenvalue weighted by molar-refractivity contribution is -0.116. The Balaban J connectivity index is 2.95. The summed E-state index contributed by atoms with van der Waals surface area (Å²) in [5, 5.41) is 3.04. The summed E-state index contributed by atoms with van der Waals surface area (Å²) >= 11 is 0. The van der Waals surface area contributed by atoms with Gasteiger partial charge in [0.25, 0.3) is 0 Å². The average molecular weight is 219 g/mol. The van der Waals surface area contributed by atoms with Crippen molar-refractivity contribution in [1.82, 2.24) is 0 Å². The molecule has 0 saturated heterocycles. The minimum absolute atomic E-state index is 0.123. The van der Waals surface area contributed by atoms with Crippen LogP contribution in [-0.4, -0.2) is 5.91 Å². The third kappa shape index (κ3) is 3.09. The molecule has 0 unspecified atom stereocenters. The molecule has 16 heavy (non-hydrogen) atoms. The molecule has 0 aliphatic carbocycles. The maximum absolute atomic E-state index is 11.6. The van der Waals surface area contributed by atoms with Gasteiger partial charge in [0, 0.05) is 12.1 Å². The normalized spacial score (nSPS) is 10.2. The van der Waals surface area contributed by atoms with E-state index in [2.05, 4.69) is 37.4 Å². The van der Waals surface area contributed by atoms with Gasteiger partial charge in [-0.2, -0.15) is 0 Å². The van der Waals surface area contributed by atoms with Crippen molar-refractivity contribution < 1.29 is 4.79 Å². The lowest BCUT2D eigenvalue weighted by Crippen LogP contribution is -2.13. The highest BCUT2D eigenvalue weighted by molar-refractivity contribution is 5.92. The number of amides is 1. The second kappa shape index (κ2) is 6.31. The van der Waals surface area contributed by atoms with Crippen molar-refractivity contribution in [3.05, 3.63) is 29.3 Å². The number of aryl methyl sites for hydroxylation is 2. The van der Waals surface area contributed by atoms with Crippen molar-refractivity contribution in [2.45, 2.75) is 46.5 Å².